The molecule has 1 aliphatic rings. The van der Waals surface area contributed by atoms with Crippen LogP contribution >= 0.6 is 0 Å². The predicted molar refractivity (Wildman–Crippen MR) is 66.5 cm³/mol. The van der Waals surface area contributed by atoms with Crippen LogP contribution in [0.15, 0.2) is 12.4 Å². The molecule has 0 amide bonds. The Labute approximate surface area is 103 Å². The fourth-order valence-corrected chi connectivity index (χ4v) is 2.16. The van der Waals surface area contributed by atoms with Crippen LogP contribution in [-0.4, -0.2) is 23.1 Å². The third-order valence-corrected chi connectivity index (χ3v) is 3.69. The molecule has 1 aromatic heterocycles. The van der Waals surface area contributed by atoms with Crippen LogP contribution in [0.1, 0.15) is 44.0 Å². The molecular weight excluding hydrogens is 214 g/mol. The molecule has 2 rings (SSSR count). The van der Waals surface area contributed by atoms with E-state index in [1.54, 1.807) is 7.11 Å². The Kier molecular flexibility index (Phi) is 3.74. The van der Waals surface area contributed by atoms with Crippen molar-refractivity contribution in [2.45, 2.75) is 50.7 Å². The van der Waals surface area contributed by atoms with Crippen LogP contribution in [0.4, 0.5) is 0 Å². The minimum absolute atomic E-state index is 0.199. The second-order valence-corrected chi connectivity index (χ2v) is 4.84. The molecule has 0 bridgehead atoms. The molecule has 0 saturated heterocycles. The van der Waals surface area contributed by atoms with Crippen molar-refractivity contribution in [1.29, 1.82) is 0 Å². The van der Waals surface area contributed by atoms with Crippen molar-refractivity contribution >= 4 is 0 Å². The fourth-order valence-electron chi connectivity index (χ4n) is 2.16. The molecule has 1 saturated carbocycles. The fraction of sp³-hybridized carbons (Fsp3) is 0.692. The van der Waals surface area contributed by atoms with Gasteiger partial charge in [0.2, 0.25) is 0 Å². The van der Waals surface area contributed by atoms with Gasteiger partial charge in [0.15, 0.2) is 5.82 Å². The van der Waals surface area contributed by atoms with Gasteiger partial charge >= 0.3 is 0 Å². The van der Waals surface area contributed by atoms with E-state index in [-0.39, 0.29) is 11.6 Å². The first-order chi connectivity index (χ1) is 8.20. The van der Waals surface area contributed by atoms with Crippen LogP contribution in [0.25, 0.3) is 0 Å². The summed E-state index contributed by atoms with van der Waals surface area (Å²) in [5.41, 5.74) is 6.80. The number of hydrogen-bond donors (Lipinski definition) is 1. The van der Waals surface area contributed by atoms with Gasteiger partial charge in [-0.3, -0.25) is 0 Å². The average Bonchev–Trinajstić information content (AvgIpc) is 2.30. The van der Waals surface area contributed by atoms with E-state index in [2.05, 4.69) is 16.9 Å². The number of aromatic nitrogens is 2. The van der Waals surface area contributed by atoms with Crippen molar-refractivity contribution in [3.05, 3.63) is 23.8 Å². The van der Waals surface area contributed by atoms with Gasteiger partial charge in [0.1, 0.15) is 5.60 Å². The lowest BCUT2D eigenvalue weighted by atomic mass is 9.79. The SMILES string of the molecule is CCC(N)Cc1cnc(C2(OC)CCC2)nc1. The van der Waals surface area contributed by atoms with Gasteiger partial charge in [-0.2, -0.15) is 0 Å². The normalized spacial score (nSPS) is 19.7. The second-order valence-electron chi connectivity index (χ2n) is 4.84. The molecule has 2 N–H and O–H groups in total. The number of rotatable bonds is 5. The molecule has 94 valence electrons. The summed E-state index contributed by atoms with van der Waals surface area (Å²) in [7, 11) is 1.74. The van der Waals surface area contributed by atoms with Crippen molar-refractivity contribution in [3.63, 3.8) is 0 Å². The Bertz CT molecular complexity index is 354. The lowest BCUT2D eigenvalue weighted by molar-refractivity contribution is -0.0847. The number of ether oxygens (including phenoxy) is 1. The Hall–Kier alpha value is -1.00. The lowest BCUT2D eigenvalue weighted by Gasteiger charge is -2.38. The molecule has 4 heteroatoms. The first-order valence-electron chi connectivity index (χ1n) is 6.32. The second kappa shape index (κ2) is 5.10. The topological polar surface area (TPSA) is 61.0 Å². The van der Waals surface area contributed by atoms with Crippen molar-refractivity contribution < 1.29 is 4.74 Å². The predicted octanol–water partition coefficient (Wildman–Crippen LogP) is 1.78. The quantitative estimate of drug-likeness (QED) is 0.845. The van der Waals surface area contributed by atoms with Gasteiger partial charge in [-0.1, -0.05) is 6.92 Å². The van der Waals surface area contributed by atoms with Gasteiger partial charge in [-0.05, 0) is 37.7 Å². The first-order valence-corrected chi connectivity index (χ1v) is 6.32. The zero-order valence-corrected chi connectivity index (χ0v) is 10.6. The Balaban J connectivity index is 2.07. The van der Waals surface area contributed by atoms with Gasteiger partial charge in [0, 0.05) is 25.5 Å². The van der Waals surface area contributed by atoms with Crippen molar-refractivity contribution in [1.82, 2.24) is 9.97 Å². The standard InChI is InChI=1S/C13H21N3O/c1-3-11(14)7-10-8-15-12(16-9-10)13(17-2)5-4-6-13/h8-9,11H,3-7,14H2,1-2H3. The largest absolute Gasteiger partial charge is 0.370 e. The molecular formula is C13H21N3O. The van der Waals surface area contributed by atoms with Gasteiger partial charge in [-0.15, -0.1) is 0 Å². The Morgan fingerprint density at radius 1 is 1.41 bits per heavy atom. The molecule has 1 heterocycles. The van der Waals surface area contributed by atoms with Crippen molar-refractivity contribution in [3.8, 4) is 0 Å². The third-order valence-electron chi connectivity index (χ3n) is 3.69. The van der Waals surface area contributed by atoms with Crippen LogP contribution < -0.4 is 5.73 Å². The van der Waals surface area contributed by atoms with E-state index in [1.165, 1.54) is 6.42 Å². The van der Waals surface area contributed by atoms with Gasteiger partial charge < -0.3 is 10.5 Å². The molecule has 0 aliphatic heterocycles. The van der Waals surface area contributed by atoms with Crippen molar-refractivity contribution in [2.75, 3.05) is 7.11 Å². The van der Waals surface area contributed by atoms with E-state index < -0.39 is 0 Å². The summed E-state index contributed by atoms with van der Waals surface area (Å²) in [6.45, 7) is 2.09. The zero-order valence-electron chi connectivity index (χ0n) is 10.6. The highest BCUT2D eigenvalue weighted by Crippen LogP contribution is 2.42. The number of nitrogens with two attached hydrogens (primary N) is 1. The smallest absolute Gasteiger partial charge is 0.160 e. The monoisotopic (exact) mass is 235 g/mol. The minimum atomic E-state index is -0.217. The van der Waals surface area contributed by atoms with Crippen molar-refractivity contribution in [2.24, 2.45) is 5.73 Å². The van der Waals surface area contributed by atoms with Gasteiger partial charge in [-0.25, -0.2) is 9.97 Å². The molecule has 17 heavy (non-hydrogen) atoms. The Morgan fingerprint density at radius 3 is 2.47 bits per heavy atom. The maximum absolute atomic E-state index is 5.91. The number of hydrogen-bond acceptors (Lipinski definition) is 4. The average molecular weight is 235 g/mol. The molecule has 1 aromatic rings. The highest BCUT2D eigenvalue weighted by atomic mass is 16.5. The Morgan fingerprint density at radius 2 is 2.06 bits per heavy atom. The minimum Gasteiger partial charge on any atom is -0.370 e. The molecule has 0 aromatic carbocycles. The van der Waals surface area contributed by atoms with E-state index in [0.29, 0.717) is 0 Å². The van der Waals surface area contributed by atoms with E-state index in [9.17, 15) is 0 Å². The summed E-state index contributed by atoms with van der Waals surface area (Å²) in [5, 5.41) is 0. The summed E-state index contributed by atoms with van der Waals surface area (Å²) in [4.78, 5) is 8.88. The maximum Gasteiger partial charge on any atom is 0.160 e. The molecule has 1 atom stereocenters. The van der Waals surface area contributed by atoms with E-state index >= 15 is 0 Å². The third kappa shape index (κ3) is 2.48. The molecule has 0 spiro atoms. The molecule has 1 aliphatic carbocycles. The summed E-state index contributed by atoms with van der Waals surface area (Å²) in [6.07, 6.45) is 8.84. The first kappa shape index (κ1) is 12.5. The van der Waals surface area contributed by atoms with Crippen LogP contribution in [0.3, 0.4) is 0 Å². The van der Waals surface area contributed by atoms with E-state index in [4.69, 9.17) is 10.5 Å². The molecule has 4 nitrogen and oxygen atoms in total. The number of nitrogens with zero attached hydrogens (tertiary/aromatic N) is 2. The van der Waals surface area contributed by atoms with Crippen LogP contribution in [0.5, 0.6) is 0 Å². The maximum atomic E-state index is 5.91. The van der Waals surface area contributed by atoms with E-state index in [1.807, 2.05) is 12.4 Å². The van der Waals surface area contributed by atoms with Crippen LogP contribution in [-0.2, 0) is 16.8 Å². The highest BCUT2D eigenvalue weighted by Gasteiger charge is 2.41. The number of methoxy groups -OCH3 is 1. The van der Waals surface area contributed by atoms with Gasteiger partial charge in [0.05, 0.1) is 0 Å². The molecule has 1 fully saturated rings. The summed E-state index contributed by atoms with van der Waals surface area (Å²) in [5.74, 6) is 0.820. The van der Waals surface area contributed by atoms with Gasteiger partial charge in [0.25, 0.3) is 0 Å². The summed E-state index contributed by atoms with van der Waals surface area (Å²) < 4.78 is 5.55. The highest BCUT2D eigenvalue weighted by molar-refractivity contribution is 5.13. The van der Waals surface area contributed by atoms with Crippen LogP contribution in [0, 0.1) is 0 Å². The lowest BCUT2D eigenvalue weighted by Crippen LogP contribution is -2.38. The molecule has 0 radical (unpaired) electrons. The van der Waals surface area contributed by atoms with Crippen LogP contribution in [0.2, 0.25) is 0 Å². The molecule has 1 unspecified atom stereocenters. The zero-order chi connectivity index (χ0) is 12.3. The summed E-state index contributed by atoms with van der Waals surface area (Å²) in [6, 6.07) is 0.199. The summed E-state index contributed by atoms with van der Waals surface area (Å²) >= 11 is 0. The van der Waals surface area contributed by atoms with E-state index in [0.717, 1.165) is 37.1 Å².